The van der Waals surface area contributed by atoms with Crippen molar-refractivity contribution < 1.29 is 36.6 Å². The van der Waals surface area contributed by atoms with Crippen LogP contribution in [-0.4, -0.2) is 57.2 Å². The summed E-state index contributed by atoms with van der Waals surface area (Å²) in [6, 6.07) is 42.0. The second kappa shape index (κ2) is 17.9. The van der Waals surface area contributed by atoms with Crippen molar-refractivity contribution in [1.82, 2.24) is 19.9 Å². The lowest BCUT2D eigenvalue weighted by Crippen LogP contribution is -3.00. The Bertz CT molecular complexity index is 2180. The van der Waals surface area contributed by atoms with Crippen LogP contribution >= 0.6 is 11.6 Å². The number of halogens is 2. The second-order valence-electron chi connectivity index (χ2n) is 15.7. The highest BCUT2D eigenvalue weighted by Crippen LogP contribution is 2.47. The second-order valence-corrected chi connectivity index (χ2v) is 16.2. The van der Waals surface area contributed by atoms with E-state index in [0.29, 0.717) is 25.6 Å². The average molecular weight is 807 g/mol. The minimum Gasteiger partial charge on any atom is -1.00 e. The molecule has 0 bridgehead atoms. The molecule has 6 aromatic rings. The lowest BCUT2D eigenvalue weighted by Gasteiger charge is -2.41. The largest absolute Gasteiger partial charge is 1.00 e. The van der Waals surface area contributed by atoms with Gasteiger partial charge in [0.15, 0.2) is 5.69 Å². The summed E-state index contributed by atoms with van der Waals surface area (Å²) in [7, 11) is 0. The summed E-state index contributed by atoms with van der Waals surface area (Å²) in [6.07, 6.45) is 1.90. The highest BCUT2D eigenvalue weighted by Gasteiger charge is 2.44. The van der Waals surface area contributed by atoms with Crippen LogP contribution < -0.4 is 26.7 Å². The Morgan fingerprint density at radius 2 is 1.56 bits per heavy atom. The molecule has 3 heterocycles. The zero-order valence-corrected chi connectivity index (χ0v) is 34.3. The lowest BCUT2D eigenvalue weighted by atomic mass is 9.73. The Morgan fingerprint density at radius 3 is 2.19 bits per heavy atom. The molecular formula is C46H49Cl2N5O4. The molecule has 0 radical (unpaired) electrons. The number of hydrogen-bond donors (Lipinski definition) is 1. The number of tetrazole rings is 1. The van der Waals surface area contributed by atoms with Crippen LogP contribution in [0.1, 0.15) is 50.3 Å². The molecule has 1 saturated heterocycles. The predicted molar refractivity (Wildman–Crippen MR) is 219 cm³/mol. The maximum Gasteiger partial charge on any atom is 0.340 e. The number of rotatable bonds is 9. The number of piperidine rings is 1. The van der Waals surface area contributed by atoms with Crippen LogP contribution in [0.15, 0.2) is 127 Å². The van der Waals surface area contributed by atoms with E-state index in [-0.39, 0.29) is 29.2 Å². The van der Waals surface area contributed by atoms with E-state index in [1.807, 2.05) is 159 Å². The number of aryl methyl sites for hydroxylation is 1. The van der Waals surface area contributed by atoms with Gasteiger partial charge in [-0.3, -0.25) is 4.79 Å². The minimum atomic E-state index is -0.715. The molecule has 11 heteroatoms. The molecule has 1 spiro atoms. The zero-order chi connectivity index (χ0) is 39.3. The van der Waals surface area contributed by atoms with Crippen molar-refractivity contribution in [3.63, 3.8) is 0 Å². The number of carboxylic acid groups (broad SMARTS) is 1. The van der Waals surface area contributed by atoms with Crippen LogP contribution in [0.2, 0.25) is 5.02 Å². The van der Waals surface area contributed by atoms with Crippen molar-refractivity contribution in [2.24, 2.45) is 11.3 Å². The smallest absolute Gasteiger partial charge is 0.340 e. The standard InChI is InChI=1S/C27H34ClNO4.C19H15N4.ClH/c1-18-6-5-7-23(28)20(18)16-32-19-8-9-24-21(14-19)27(17-33-24)10-12-29(13-11-27)15-22(25(30)31)26(2,3)4;1-4-10-16(11-5-1)19-20-22(17-12-6-2-7-13-17)23(21-19)18-14-8-3-9-15-18;/h5-9,14,22H,10-13,15-17H2,1-4H3,(H,30,31);1-15H;1H/q;+1;/p-1. The fraction of sp³-hybridized carbons (Fsp3) is 0.304. The van der Waals surface area contributed by atoms with Gasteiger partial charge in [-0.15, -0.1) is 0 Å². The number of fused-ring (bicyclic) bond motifs is 2. The third kappa shape index (κ3) is 9.50. The van der Waals surface area contributed by atoms with Crippen molar-refractivity contribution >= 4 is 17.6 Å². The van der Waals surface area contributed by atoms with Crippen LogP contribution in [0.25, 0.3) is 22.8 Å². The molecule has 9 nitrogen and oxygen atoms in total. The van der Waals surface area contributed by atoms with E-state index in [1.165, 1.54) is 5.56 Å². The SMILES string of the molecule is Cc1cccc(Cl)c1COc1ccc2c(c1)C1(CCN(CC(C(=O)O)C(C)(C)C)CC1)CO2.[Cl-].c1ccc(-c2nn(-c3ccccc3)[n+](-c3ccccc3)n2)cc1. The fourth-order valence-corrected chi connectivity index (χ4v) is 7.72. The molecule has 296 valence electrons. The van der Waals surface area contributed by atoms with Gasteiger partial charge in [0, 0.05) is 32.9 Å². The van der Waals surface area contributed by atoms with Gasteiger partial charge < -0.3 is 31.9 Å². The van der Waals surface area contributed by atoms with E-state index in [2.05, 4.69) is 11.0 Å². The summed E-state index contributed by atoms with van der Waals surface area (Å²) in [5, 5.41) is 19.8. The monoisotopic (exact) mass is 805 g/mol. The van der Waals surface area contributed by atoms with Crippen molar-refractivity contribution in [2.75, 3.05) is 26.2 Å². The Balaban J connectivity index is 0.000000201. The first-order valence-electron chi connectivity index (χ1n) is 19.2. The highest BCUT2D eigenvalue weighted by molar-refractivity contribution is 6.31. The van der Waals surface area contributed by atoms with E-state index in [9.17, 15) is 9.90 Å². The first-order chi connectivity index (χ1) is 27.0. The number of benzene rings is 5. The van der Waals surface area contributed by atoms with Gasteiger partial charge in [0.1, 0.15) is 23.8 Å². The van der Waals surface area contributed by atoms with Gasteiger partial charge in [0.25, 0.3) is 0 Å². The normalized spacial score (nSPS) is 15.0. The van der Waals surface area contributed by atoms with Crippen LogP contribution in [0.3, 0.4) is 0 Å². The van der Waals surface area contributed by atoms with Crippen molar-refractivity contribution in [1.29, 1.82) is 0 Å². The summed E-state index contributed by atoms with van der Waals surface area (Å²) in [5.74, 6) is 1.35. The van der Waals surface area contributed by atoms with E-state index >= 15 is 0 Å². The van der Waals surface area contributed by atoms with Crippen LogP contribution in [0.4, 0.5) is 0 Å². The van der Waals surface area contributed by atoms with Crippen LogP contribution in [-0.2, 0) is 16.8 Å². The number of carbonyl (C=O) groups is 1. The highest BCUT2D eigenvalue weighted by atomic mass is 35.5. The number of nitrogens with zero attached hydrogens (tertiary/aromatic N) is 5. The Hall–Kier alpha value is -5.22. The van der Waals surface area contributed by atoms with Crippen LogP contribution in [0.5, 0.6) is 11.5 Å². The van der Waals surface area contributed by atoms with Crippen molar-refractivity contribution in [2.45, 2.75) is 52.6 Å². The molecule has 8 rings (SSSR count). The number of aliphatic carboxylic acids is 1. The van der Waals surface area contributed by atoms with Gasteiger partial charge in [-0.25, -0.2) is 0 Å². The van der Waals surface area contributed by atoms with Gasteiger partial charge in [0.2, 0.25) is 0 Å². The lowest BCUT2D eigenvalue weighted by molar-refractivity contribution is -0.734. The molecule has 5 aromatic carbocycles. The van der Waals surface area contributed by atoms with Crippen LogP contribution in [0, 0.1) is 18.3 Å². The molecule has 57 heavy (non-hydrogen) atoms. The van der Waals surface area contributed by atoms with Gasteiger partial charge in [-0.2, -0.15) is 0 Å². The molecule has 1 N–H and O–H groups in total. The third-order valence-electron chi connectivity index (χ3n) is 10.9. The fourth-order valence-electron chi connectivity index (χ4n) is 7.44. The molecule has 2 aliphatic rings. The molecule has 1 atom stereocenters. The van der Waals surface area contributed by atoms with E-state index in [4.69, 9.17) is 31.3 Å². The van der Waals surface area contributed by atoms with E-state index < -0.39 is 5.97 Å². The number of carboxylic acids is 1. The summed E-state index contributed by atoms with van der Waals surface area (Å²) in [5.41, 5.74) is 5.95. The molecule has 0 aliphatic carbocycles. The minimum absolute atomic E-state index is 0. The summed E-state index contributed by atoms with van der Waals surface area (Å²) in [6.45, 7) is 11.5. The number of likely N-dealkylation sites (tertiary alicyclic amines) is 1. The first kappa shape index (κ1) is 41.4. The molecule has 1 fully saturated rings. The molecule has 0 saturated carbocycles. The average Bonchev–Trinajstić information content (AvgIpc) is 3.81. The molecule has 1 aromatic heterocycles. The van der Waals surface area contributed by atoms with Gasteiger partial charge in [-0.05, 0) is 114 Å². The Labute approximate surface area is 346 Å². The zero-order valence-electron chi connectivity index (χ0n) is 32.8. The summed E-state index contributed by atoms with van der Waals surface area (Å²) >= 11 is 6.36. The molecular weight excluding hydrogens is 757 g/mol. The topological polar surface area (TPSA) is 93.6 Å². The maximum absolute atomic E-state index is 11.8. The van der Waals surface area contributed by atoms with Crippen molar-refractivity contribution in [3.8, 4) is 34.3 Å². The Kier molecular flexibility index (Phi) is 13.0. The quantitative estimate of drug-likeness (QED) is 0.182. The summed E-state index contributed by atoms with van der Waals surface area (Å²) < 4.78 is 12.2. The predicted octanol–water partition coefficient (Wildman–Crippen LogP) is 5.92. The summed E-state index contributed by atoms with van der Waals surface area (Å²) in [4.78, 5) is 17.7. The molecule has 1 unspecified atom stereocenters. The van der Waals surface area contributed by atoms with Gasteiger partial charge in [0.05, 0.1) is 23.2 Å². The number of ether oxygens (including phenoxy) is 2. The van der Waals surface area contributed by atoms with E-state index in [1.54, 1.807) is 0 Å². The van der Waals surface area contributed by atoms with Crippen molar-refractivity contribution in [3.05, 3.63) is 149 Å². The maximum atomic E-state index is 11.8. The third-order valence-corrected chi connectivity index (χ3v) is 11.3. The van der Waals surface area contributed by atoms with Gasteiger partial charge >= 0.3 is 11.8 Å². The Morgan fingerprint density at radius 1 is 0.912 bits per heavy atom. The molecule has 2 aliphatic heterocycles. The first-order valence-corrected chi connectivity index (χ1v) is 19.5. The number of para-hydroxylation sites is 2. The number of hydrogen-bond acceptors (Lipinski definition) is 6. The van der Waals surface area contributed by atoms with E-state index in [0.717, 1.165) is 70.5 Å². The number of aromatic nitrogens is 4. The van der Waals surface area contributed by atoms with Gasteiger partial charge in [-0.1, -0.05) is 99.1 Å². The molecule has 0 amide bonds.